The lowest BCUT2D eigenvalue weighted by Crippen LogP contribution is -2.34. The van der Waals surface area contributed by atoms with Crippen molar-refractivity contribution in [3.8, 4) is 0 Å². The number of nitrogens with one attached hydrogen (secondary N) is 1. The van der Waals surface area contributed by atoms with Gasteiger partial charge in [0.1, 0.15) is 5.82 Å². The third-order valence-electron chi connectivity index (χ3n) is 3.99. The molecule has 0 heterocycles. The minimum Gasteiger partial charge on any atom is -0.307 e. The minimum atomic E-state index is -0.162. The molecule has 1 fully saturated rings. The summed E-state index contributed by atoms with van der Waals surface area (Å²) in [7, 11) is 0. The maximum Gasteiger partial charge on any atom is 0.123 e. The molecule has 1 saturated carbocycles. The summed E-state index contributed by atoms with van der Waals surface area (Å²) in [5.74, 6) is 0.655. The molecule has 1 unspecified atom stereocenters. The van der Waals surface area contributed by atoms with E-state index in [4.69, 9.17) is 0 Å². The Morgan fingerprint density at radius 3 is 2.29 bits per heavy atom. The Morgan fingerprint density at radius 1 is 1.12 bits per heavy atom. The third-order valence-corrected chi connectivity index (χ3v) is 3.99. The molecule has 0 aliphatic heterocycles. The van der Waals surface area contributed by atoms with Crippen LogP contribution in [-0.2, 0) is 0 Å². The molecule has 0 amide bonds. The zero-order valence-electron chi connectivity index (χ0n) is 10.7. The van der Waals surface area contributed by atoms with Crippen LogP contribution in [0.4, 0.5) is 4.39 Å². The van der Waals surface area contributed by atoms with Crippen LogP contribution in [0.15, 0.2) is 24.3 Å². The molecule has 1 aromatic rings. The smallest absolute Gasteiger partial charge is 0.123 e. The van der Waals surface area contributed by atoms with E-state index in [1.54, 1.807) is 0 Å². The largest absolute Gasteiger partial charge is 0.307 e. The molecule has 1 aliphatic carbocycles. The molecule has 17 heavy (non-hydrogen) atoms. The number of hydrogen-bond acceptors (Lipinski definition) is 1. The lowest BCUT2D eigenvalue weighted by Gasteiger charge is -2.25. The summed E-state index contributed by atoms with van der Waals surface area (Å²) in [6, 6.07) is 7.66. The molecule has 1 N–H and O–H groups in total. The van der Waals surface area contributed by atoms with Gasteiger partial charge in [0.2, 0.25) is 0 Å². The van der Waals surface area contributed by atoms with Crippen molar-refractivity contribution in [2.75, 3.05) is 0 Å². The molecule has 0 spiro atoms. The average molecular weight is 235 g/mol. The van der Waals surface area contributed by atoms with Gasteiger partial charge < -0.3 is 5.32 Å². The Labute approximate surface area is 103 Å². The number of halogens is 1. The highest BCUT2D eigenvalue weighted by atomic mass is 19.1. The van der Waals surface area contributed by atoms with Gasteiger partial charge in [-0.15, -0.1) is 0 Å². The molecule has 0 aromatic heterocycles. The zero-order valence-corrected chi connectivity index (χ0v) is 10.7. The van der Waals surface area contributed by atoms with Gasteiger partial charge in [0, 0.05) is 12.1 Å². The van der Waals surface area contributed by atoms with Gasteiger partial charge in [-0.2, -0.15) is 0 Å². The van der Waals surface area contributed by atoms with Crippen molar-refractivity contribution < 1.29 is 4.39 Å². The highest BCUT2D eigenvalue weighted by Gasteiger charge is 2.22. The highest BCUT2D eigenvalue weighted by molar-refractivity contribution is 5.19. The molecular weight excluding hydrogens is 213 g/mol. The summed E-state index contributed by atoms with van der Waals surface area (Å²) in [4.78, 5) is 0. The van der Waals surface area contributed by atoms with E-state index in [2.05, 4.69) is 19.2 Å². The molecule has 2 rings (SSSR count). The van der Waals surface area contributed by atoms with Gasteiger partial charge in [-0.25, -0.2) is 4.39 Å². The summed E-state index contributed by atoms with van der Waals surface area (Å²) in [5.41, 5.74) is 1.16. The van der Waals surface area contributed by atoms with Crippen molar-refractivity contribution >= 4 is 0 Å². The first-order valence-corrected chi connectivity index (χ1v) is 6.68. The van der Waals surface area contributed by atoms with Crippen molar-refractivity contribution in [2.24, 2.45) is 5.92 Å². The van der Waals surface area contributed by atoms with E-state index in [-0.39, 0.29) is 5.82 Å². The van der Waals surface area contributed by atoms with Crippen LogP contribution < -0.4 is 5.32 Å². The maximum atomic E-state index is 12.8. The van der Waals surface area contributed by atoms with Gasteiger partial charge in [0.05, 0.1) is 0 Å². The van der Waals surface area contributed by atoms with Crippen molar-refractivity contribution in [3.63, 3.8) is 0 Å². The van der Waals surface area contributed by atoms with Crippen molar-refractivity contribution in [2.45, 2.75) is 51.6 Å². The zero-order chi connectivity index (χ0) is 12.3. The topological polar surface area (TPSA) is 12.0 Å². The third kappa shape index (κ3) is 3.29. The Kier molecular flexibility index (Phi) is 4.16. The molecule has 1 aromatic carbocycles. The van der Waals surface area contributed by atoms with Crippen molar-refractivity contribution in [1.82, 2.24) is 5.32 Å². The van der Waals surface area contributed by atoms with E-state index in [0.717, 1.165) is 11.5 Å². The fourth-order valence-electron chi connectivity index (χ4n) is 2.84. The number of rotatable bonds is 4. The second-order valence-electron chi connectivity index (χ2n) is 5.27. The van der Waals surface area contributed by atoms with Crippen molar-refractivity contribution in [1.29, 1.82) is 0 Å². The van der Waals surface area contributed by atoms with Crippen LogP contribution in [0.3, 0.4) is 0 Å². The van der Waals surface area contributed by atoms with Crippen LogP contribution in [0.1, 0.15) is 51.1 Å². The molecule has 1 nitrogen and oxygen atoms in total. The summed E-state index contributed by atoms with van der Waals surface area (Å²) in [6.07, 6.45) is 5.46. The molecule has 94 valence electrons. The fraction of sp³-hybridized carbons (Fsp3) is 0.600. The minimum absolute atomic E-state index is 0.162. The van der Waals surface area contributed by atoms with Crippen LogP contribution in [0, 0.1) is 11.7 Å². The molecule has 0 saturated heterocycles. The Morgan fingerprint density at radius 2 is 1.71 bits per heavy atom. The Bertz CT molecular complexity index is 340. The van der Waals surface area contributed by atoms with E-state index in [0.29, 0.717) is 12.1 Å². The number of hydrogen-bond donors (Lipinski definition) is 1. The molecule has 0 radical (unpaired) electrons. The molecule has 0 bridgehead atoms. The lowest BCUT2D eigenvalue weighted by atomic mass is 9.98. The van der Waals surface area contributed by atoms with Gasteiger partial charge in [-0.3, -0.25) is 0 Å². The molecule has 2 atom stereocenters. The van der Waals surface area contributed by atoms with E-state index >= 15 is 0 Å². The average Bonchev–Trinajstić information content (AvgIpc) is 2.83. The summed E-state index contributed by atoms with van der Waals surface area (Å²) in [6.45, 7) is 4.43. The van der Waals surface area contributed by atoms with Gasteiger partial charge >= 0.3 is 0 Å². The van der Waals surface area contributed by atoms with Crippen LogP contribution in [0.5, 0.6) is 0 Å². The molecule has 1 aliphatic rings. The SMILES string of the molecule is CC(N[C@@H](C)C1CCCC1)c1ccc(F)cc1. The summed E-state index contributed by atoms with van der Waals surface area (Å²) in [5, 5.41) is 3.64. The lowest BCUT2D eigenvalue weighted by molar-refractivity contribution is 0.352. The fourth-order valence-corrected chi connectivity index (χ4v) is 2.84. The van der Waals surface area contributed by atoms with E-state index in [9.17, 15) is 4.39 Å². The predicted molar refractivity (Wildman–Crippen MR) is 69.4 cm³/mol. The number of benzene rings is 1. The van der Waals surface area contributed by atoms with Crippen molar-refractivity contribution in [3.05, 3.63) is 35.6 Å². The van der Waals surface area contributed by atoms with E-state index in [1.807, 2.05) is 12.1 Å². The van der Waals surface area contributed by atoms with Gasteiger partial charge in [0.25, 0.3) is 0 Å². The van der Waals surface area contributed by atoms with Crippen LogP contribution >= 0.6 is 0 Å². The summed E-state index contributed by atoms with van der Waals surface area (Å²) >= 11 is 0. The quantitative estimate of drug-likeness (QED) is 0.830. The molecule has 2 heteroatoms. The van der Waals surface area contributed by atoms with E-state index in [1.165, 1.54) is 37.8 Å². The first-order valence-electron chi connectivity index (χ1n) is 6.68. The Balaban J connectivity index is 1.91. The summed E-state index contributed by atoms with van der Waals surface area (Å²) < 4.78 is 12.8. The molecular formula is C15H22FN. The van der Waals surface area contributed by atoms with Crippen LogP contribution in [0.2, 0.25) is 0 Å². The normalized spacial score (nSPS) is 20.4. The van der Waals surface area contributed by atoms with E-state index < -0.39 is 0 Å². The Hall–Kier alpha value is -0.890. The first kappa shape index (κ1) is 12.6. The highest BCUT2D eigenvalue weighted by Crippen LogP contribution is 2.28. The second-order valence-corrected chi connectivity index (χ2v) is 5.27. The standard InChI is InChI=1S/C15H22FN/c1-11(13-5-3-4-6-13)17-12(2)14-7-9-15(16)10-8-14/h7-13,17H,3-6H2,1-2H3/t11-,12?/m0/s1. The van der Waals surface area contributed by atoms with Gasteiger partial charge in [-0.05, 0) is 50.3 Å². The first-order chi connectivity index (χ1) is 8.16. The van der Waals surface area contributed by atoms with Crippen LogP contribution in [0.25, 0.3) is 0 Å². The maximum absolute atomic E-state index is 12.8. The second kappa shape index (κ2) is 5.63. The van der Waals surface area contributed by atoms with Gasteiger partial charge in [0.15, 0.2) is 0 Å². The van der Waals surface area contributed by atoms with Gasteiger partial charge in [-0.1, -0.05) is 25.0 Å². The van der Waals surface area contributed by atoms with Crippen LogP contribution in [-0.4, -0.2) is 6.04 Å². The monoisotopic (exact) mass is 235 g/mol. The predicted octanol–water partition coefficient (Wildman–Crippen LogP) is 4.06.